The van der Waals surface area contributed by atoms with E-state index < -0.39 is 5.97 Å². The van der Waals surface area contributed by atoms with Gasteiger partial charge < -0.3 is 19.9 Å². The molecule has 0 atom stereocenters. The fraction of sp³-hybridized carbons (Fsp3) is 0.167. The summed E-state index contributed by atoms with van der Waals surface area (Å²) in [6.07, 6.45) is 0. The van der Waals surface area contributed by atoms with Crippen molar-refractivity contribution in [1.29, 1.82) is 0 Å². The molecule has 0 saturated heterocycles. The number of hydrogen-bond acceptors (Lipinski definition) is 6. The Morgan fingerprint density at radius 1 is 1.42 bits per heavy atom. The Morgan fingerprint density at radius 2 is 2.21 bits per heavy atom. The van der Waals surface area contributed by atoms with E-state index in [-0.39, 0.29) is 12.4 Å². The lowest BCUT2D eigenvalue weighted by Gasteiger charge is -2.05. The molecule has 1 aliphatic rings. The summed E-state index contributed by atoms with van der Waals surface area (Å²) in [5, 5.41) is 12.7. The van der Waals surface area contributed by atoms with Crippen molar-refractivity contribution in [3.63, 3.8) is 0 Å². The van der Waals surface area contributed by atoms with E-state index in [1.165, 1.54) is 0 Å². The Hall–Kier alpha value is -2.28. The molecule has 98 valence electrons. The van der Waals surface area contributed by atoms with Gasteiger partial charge in [0.05, 0.1) is 5.69 Å². The summed E-state index contributed by atoms with van der Waals surface area (Å²) >= 11 is 1.12. The Balaban J connectivity index is 1.91. The zero-order valence-corrected chi connectivity index (χ0v) is 10.8. The van der Waals surface area contributed by atoms with Crippen molar-refractivity contribution in [2.75, 3.05) is 12.1 Å². The molecule has 0 amide bonds. The van der Waals surface area contributed by atoms with Crippen LogP contribution in [0, 0.1) is 6.92 Å². The summed E-state index contributed by atoms with van der Waals surface area (Å²) in [7, 11) is 0. The number of carboxylic acid groups (broad SMARTS) is 1. The number of aromatic carboxylic acids is 1. The molecule has 6 nitrogen and oxygen atoms in total. The molecule has 0 saturated carbocycles. The second-order valence-corrected chi connectivity index (χ2v) is 4.74. The van der Waals surface area contributed by atoms with Gasteiger partial charge in [-0.1, -0.05) is 0 Å². The van der Waals surface area contributed by atoms with Gasteiger partial charge in [-0.3, -0.25) is 0 Å². The second-order valence-electron chi connectivity index (χ2n) is 3.97. The number of rotatable bonds is 3. The normalized spacial score (nSPS) is 12.5. The molecule has 2 N–H and O–H groups in total. The molecule has 7 heteroatoms. The molecular weight excluding hydrogens is 268 g/mol. The number of nitrogens with one attached hydrogen (secondary N) is 1. The zero-order valence-electron chi connectivity index (χ0n) is 9.97. The van der Waals surface area contributed by atoms with Crippen LogP contribution in [0.3, 0.4) is 0 Å². The number of anilines is 2. The minimum absolute atomic E-state index is 0.197. The van der Waals surface area contributed by atoms with Crippen molar-refractivity contribution in [2.24, 2.45) is 0 Å². The first-order valence-corrected chi connectivity index (χ1v) is 6.29. The van der Waals surface area contributed by atoms with Crippen LogP contribution in [0.5, 0.6) is 11.5 Å². The highest BCUT2D eigenvalue weighted by Gasteiger charge is 2.19. The SMILES string of the molecule is Cc1nsc(Nc2ccc3c(c2)OCO3)c1C(=O)O. The number of fused-ring (bicyclic) bond motifs is 1. The Labute approximate surface area is 112 Å². The van der Waals surface area contributed by atoms with Gasteiger partial charge in [0.1, 0.15) is 10.6 Å². The summed E-state index contributed by atoms with van der Waals surface area (Å²) in [4.78, 5) is 11.2. The molecule has 0 unspecified atom stereocenters. The van der Waals surface area contributed by atoms with Gasteiger partial charge in [0.2, 0.25) is 6.79 Å². The third-order valence-electron chi connectivity index (χ3n) is 2.71. The molecule has 1 aromatic carbocycles. The third-order valence-corrected chi connectivity index (χ3v) is 3.56. The third kappa shape index (κ3) is 2.08. The second kappa shape index (κ2) is 4.43. The molecular formula is C12H10N2O4S. The molecule has 0 bridgehead atoms. The van der Waals surface area contributed by atoms with Gasteiger partial charge >= 0.3 is 5.97 Å². The van der Waals surface area contributed by atoms with E-state index in [4.69, 9.17) is 14.6 Å². The van der Waals surface area contributed by atoms with E-state index >= 15 is 0 Å². The standard InChI is InChI=1S/C12H10N2O4S/c1-6-10(12(15)16)11(19-14-6)13-7-2-3-8-9(4-7)18-5-17-8/h2-4,13H,5H2,1H3,(H,15,16). The number of aromatic nitrogens is 1. The van der Waals surface area contributed by atoms with Gasteiger partial charge in [0.25, 0.3) is 0 Å². The number of aryl methyl sites for hydroxylation is 1. The highest BCUT2D eigenvalue weighted by molar-refractivity contribution is 7.10. The first-order valence-electron chi connectivity index (χ1n) is 5.51. The molecule has 2 heterocycles. The van der Waals surface area contributed by atoms with Crippen LogP contribution in [-0.4, -0.2) is 22.2 Å². The van der Waals surface area contributed by atoms with Gasteiger partial charge in [-0.15, -0.1) is 0 Å². The maximum absolute atomic E-state index is 11.2. The Bertz CT molecular complexity index is 653. The predicted molar refractivity (Wildman–Crippen MR) is 69.7 cm³/mol. The number of hydrogen-bond donors (Lipinski definition) is 2. The minimum Gasteiger partial charge on any atom is -0.478 e. The minimum atomic E-state index is -0.991. The number of nitrogens with zero attached hydrogens (tertiary/aromatic N) is 1. The van der Waals surface area contributed by atoms with Crippen molar-refractivity contribution >= 4 is 28.2 Å². The summed E-state index contributed by atoms with van der Waals surface area (Å²) in [5.74, 6) is 0.335. The van der Waals surface area contributed by atoms with Crippen molar-refractivity contribution in [3.05, 3.63) is 29.5 Å². The molecule has 19 heavy (non-hydrogen) atoms. The summed E-state index contributed by atoms with van der Waals surface area (Å²) < 4.78 is 14.5. The van der Waals surface area contributed by atoms with E-state index in [0.29, 0.717) is 22.2 Å². The van der Waals surface area contributed by atoms with Crippen LogP contribution in [0.25, 0.3) is 0 Å². The average molecular weight is 278 g/mol. The van der Waals surface area contributed by atoms with E-state index in [1.807, 2.05) is 0 Å². The molecule has 3 rings (SSSR count). The average Bonchev–Trinajstić information content (AvgIpc) is 2.95. The van der Waals surface area contributed by atoms with Crippen molar-refractivity contribution in [3.8, 4) is 11.5 Å². The van der Waals surface area contributed by atoms with Crippen LogP contribution in [0.2, 0.25) is 0 Å². The maximum atomic E-state index is 11.2. The lowest BCUT2D eigenvalue weighted by atomic mass is 10.2. The van der Waals surface area contributed by atoms with Gasteiger partial charge in [-0.25, -0.2) is 4.79 Å². The van der Waals surface area contributed by atoms with Gasteiger partial charge in [0, 0.05) is 11.8 Å². The van der Waals surface area contributed by atoms with Crippen LogP contribution < -0.4 is 14.8 Å². The van der Waals surface area contributed by atoms with E-state index in [1.54, 1.807) is 25.1 Å². The van der Waals surface area contributed by atoms with Gasteiger partial charge in [-0.2, -0.15) is 4.37 Å². The summed E-state index contributed by atoms with van der Waals surface area (Å²) in [6.45, 7) is 1.88. The molecule has 0 aliphatic carbocycles. The van der Waals surface area contributed by atoms with E-state index in [9.17, 15) is 4.79 Å². The number of carboxylic acids is 1. The van der Waals surface area contributed by atoms with Crippen LogP contribution >= 0.6 is 11.5 Å². The van der Waals surface area contributed by atoms with Crippen molar-refractivity contribution < 1.29 is 19.4 Å². The van der Waals surface area contributed by atoms with Crippen LogP contribution in [-0.2, 0) is 0 Å². The first kappa shape index (κ1) is 11.8. The van der Waals surface area contributed by atoms with E-state index in [0.717, 1.165) is 17.2 Å². The lowest BCUT2D eigenvalue weighted by molar-refractivity contribution is 0.0697. The predicted octanol–water partition coefficient (Wildman–Crippen LogP) is 2.62. The van der Waals surface area contributed by atoms with Crippen LogP contribution in [0.15, 0.2) is 18.2 Å². The van der Waals surface area contributed by atoms with Gasteiger partial charge in [-0.05, 0) is 30.6 Å². The highest BCUT2D eigenvalue weighted by atomic mass is 32.1. The first-order chi connectivity index (χ1) is 9.15. The molecule has 0 radical (unpaired) electrons. The quantitative estimate of drug-likeness (QED) is 0.898. The molecule has 2 aromatic rings. The van der Waals surface area contributed by atoms with Crippen molar-refractivity contribution in [2.45, 2.75) is 6.92 Å². The zero-order chi connectivity index (χ0) is 13.4. The maximum Gasteiger partial charge on any atom is 0.340 e. The monoisotopic (exact) mass is 278 g/mol. The lowest BCUT2D eigenvalue weighted by Crippen LogP contribution is -2.01. The number of ether oxygens (including phenoxy) is 2. The molecule has 1 aromatic heterocycles. The highest BCUT2D eigenvalue weighted by Crippen LogP contribution is 2.36. The summed E-state index contributed by atoms with van der Waals surface area (Å²) in [5.41, 5.74) is 1.43. The number of benzene rings is 1. The van der Waals surface area contributed by atoms with Crippen LogP contribution in [0.4, 0.5) is 10.7 Å². The Morgan fingerprint density at radius 3 is 3.00 bits per heavy atom. The van der Waals surface area contributed by atoms with Crippen LogP contribution in [0.1, 0.15) is 16.1 Å². The molecule has 1 aliphatic heterocycles. The molecule has 0 fully saturated rings. The number of carbonyl (C=O) groups is 1. The van der Waals surface area contributed by atoms with Crippen molar-refractivity contribution in [1.82, 2.24) is 4.37 Å². The fourth-order valence-electron chi connectivity index (χ4n) is 1.81. The van der Waals surface area contributed by atoms with Gasteiger partial charge in [0.15, 0.2) is 11.5 Å². The Kier molecular flexibility index (Phi) is 2.75. The topological polar surface area (TPSA) is 80.7 Å². The largest absolute Gasteiger partial charge is 0.478 e. The molecule has 0 spiro atoms. The smallest absolute Gasteiger partial charge is 0.340 e. The fourth-order valence-corrected chi connectivity index (χ4v) is 2.62. The van der Waals surface area contributed by atoms with E-state index in [2.05, 4.69) is 9.69 Å². The summed E-state index contributed by atoms with van der Waals surface area (Å²) in [6, 6.07) is 5.34.